The minimum absolute atomic E-state index is 0.0285. The molecule has 0 saturated carbocycles. The first-order valence-electron chi connectivity index (χ1n) is 5.72. The summed E-state index contributed by atoms with van der Waals surface area (Å²) in [6.45, 7) is 3.14. The van der Waals surface area contributed by atoms with E-state index in [1.807, 2.05) is 6.92 Å². The van der Waals surface area contributed by atoms with Gasteiger partial charge in [0.15, 0.2) is 0 Å². The zero-order valence-corrected chi connectivity index (χ0v) is 12.6. The van der Waals surface area contributed by atoms with Gasteiger partial charge in [-0.05, 0) is 25.5 Å². The molecule has 0 amide bonds. The summed E-state index contributed by atoms with van der Waals surface area (Å²) in [5, 5.41) is 0. The Kier molecular flexibility index (Phi) is 5.70. The van der Waals surface area contributed by atoms with E-state index in [0.29, 0.717) is 6.42 Å². The molecule has 0 aromatic heterocycles. The maximum atomic E-state index is 11.8. The Hall–Kier alpha value is -0.720. The quantitative estimate of drug-likeness (QED) is 0.588. The second-order valence-corrected chi connectivity index (χ2v) is 7.83. The minimum atomic E-state index is -3.53. The number of hydrogen-bond donors (Lipinski definition) is 2. The Morgan fingerprint density at radius 2 is 1.89 bits per heavy atom. The Morgan fingerprint density at radius 3 is 2.42 bits per heavy atom. The Morgan fingerprint density at radius 1 is 1.32 bits per heavy atom. The van der Waals surface area contributed by atoms with Gasteiger partial charge in [-0.3, -0.25) is 4.57 Å². The standard InChI is InChI=1S/C11H18NO5PS/c1-10-4-6-11(7-5-10)19(15,16)12-8-3-9-17-18(2,13)14/h4-7,12H,3,8-9H2,1-2H3,(H,13,14). The fraction of sp³-hybridized carbons (Fsp3) is 0.455. The summed E-state index contributed by atoms with van der Waals surface area (Å²) in [7, 11) is -7.02. The lowest BCUT2D eigenvalue weighted by Gasteiger charge is -2.08. The molecule has 0 heterocycles. The van der Waals surface area contributed by atoms with Crippen molar-refractivity contribution in [2.75, 3.05) is 19.8 Å². The summed E-state index contributed by atoms with van der Waals surface area (Å²) < 4.78 is 41.6. The van der Waals surface area contributed by atoms with Crippen LogP contribution in [0, 0.1) is 6.92 Å². The highest BCUT2D eigenvalue weighted by Crippen LogP contribution is 2.36. The van der Waals surface area contributed by atoms with Gasteiger partial charge in [-0.25, -0.2) is 13.1 Å². The number of sulfonamides is 1. The van der Waals surface area contributed by atoms with E-state index >= 15 is 0 Å². The van der Waals surface area contributed by atoms with Gasteiger partial charge in [0.05, 0.1) is 11.5 Å². The lowest BCUT2D eigenvalue weighted by molar-refractivity contribution is 0.262. The van der Waals surface area contributed by atoms with Crippen molar-refractivity contribution in [3.05, 3.63) is 29.8 Å². The largest absolute Gasteiger partial charge is 0.325 e. The van der Waals surface area contributed by atoms with Crippen LogP contribution in [-0.2, 0) is 19.1 Å². The number of aryl methyl sites for hydroxylation is 1. The first-order valence-corrected chi connectivity index (χ1v) is 9.23. The van der Waals surface area contributed by atoms with Crippen molar-refractivity contribution in [2.45, 2.75) is 18.2 Å². The maximum Gasteiger partial charge on any atom is 0.325 e. The Balaban J connectivity index is 2.44. The fourth-order valence-electron chi connectivity index (χ4n) is 1.31. The maximum absolute atomic E-state index is 11.8. The molecule has 1 aromatic rings. The van der Waals surface area contributed by atoms with Crippen LogP contribution in [0.5, 0.6) is 0 Å². The molecule has 0 aliphatic carbocycles. The third kappa shape index (κ3) is 6.31. The third-order valence-electron chi connectivity index (χ3n) is 2.28. The predicted molar refractivity (Wildman–Crippen MR) is 72.7 cm³/mol. The molecule has 1 unspecified atom stereocenters. The first kappa shape index (κ1) is 16.3. The highest BCUT2D eigenvalue weighted by molar-refractivity contribution is 7.89. The van der Waals surface area contributed by atoms with E-state index in [9.17, 15) is 13.0 Å². The summed E-state index contributed by atoms with van der Waals surface area (Å²) in [5.41, 5.74) is 0.981. The van der Waals surface area contributed by atoms with Crippen molar-refractivity contribution in [2.24, 2.45) is 0 Å². The fourth-order valence-corrected chi connectivity index (χ4v) is 2.86. The van der Waals surface area contributed by atoms with E-state index in [1.54, 1.807) is 12.1 Å². The third-order valence-corrected chi connectivity index (χ3v) is 4.41. The van der Waals surface area contributed by atoms with Crippen LogP contribution in [0.3, 0.4) is 0 Å². The van der Waals surface area contributed by atoms with E-state index in [0.717, 1.165) is 12.2 Å². The lowest BCUT2D eigenvalue weighted by atomic mass is 10.2. The topological polar surface area (TPSA) is 92.7 Å². The molecule has 1 rings (SSSR count). The molecule has 6 nitrogen and oxygen atoms in total. The molecule has 0 fully saturated rings. The van der Waals surface area contributed by atoms with Crippen LogP contribution in [0.1, 0.15) is 12.0 Å². The number of nitrogens with one attached hydrogen (secondary N) is 1. The minimum Gasteiger partial charge on any atom is -0.324 e. The number of rotatable bonds is 7. The van der Waals surface area contributed by atoms with Crippen LogP contribution < -0.4 is 4.72 Å². The van der Waals surface area contributed by atoms with Gasteiger partial charge in [-0.15, -0.1) is 0 Å². The molecule has 0 aliphatic rings. The molecule has 1 atom stereocenters. The highest BCUT2D eigenvalue weighted by atomic mass is 32.2. The predicted octanol–water partition coefficient (Wildman–Crippen LogP) is 1.50. The van der Waals surface area contributed by atoms with Crippen molar-refractivity contribution in [3.63, 3.8) is 0 Å². The SMILES string of the molecule is Cc1ccc(S(=O)(=O)NCCCOP(C)(=O)O)cc1. The molecule has 8 heteroatoms. The van der Waals surface area contributed by atoms with Crippen LogP contribution in [-0.4, -0.2) is 33.1 Å². The van der Waals surface area contributed by atoms with Gasteiger partial charge in [0, 0.05) is 13.2 Å². The van der Waals surface area contributed by atoms with E-state index in [-0.39, 0.29) is 18.0 Å². The summed E-state index contributed by atoms with van der Waals surface area (Å²) in [4.78, 5) is 9.07. The second kappa shape index (κ2) is 6.63. The van der Waals surface area contributed by atoms with Crippen LogP contribution in [0.25, 0.3) is 0 Å². The molecule has 108 valence electrons. The van der Waals surface area contributed by atoms with Crippen LogP contribution in [0.2, 0.25) is 0 Å². The zero-order chi connectivity index (χ0) is 14.5. The molecule has 19 heavy (non-hydrogen) atoms. The Bertz CT molecular complexity index is 549. The van der Waals surface area contributed by atoms with Gasteiger partial charge in [0.2, 0.25) is 10.0 Å². The van der Waals surface area contributed by atoms with Gasteiger partial charge in [0.1, 0.15) is 0 Å². The van der Waals surface area contributed by atoms with Crippen molar-refractivity contribution >= 4 is 17.6 Å². The van der Waals surface area contributed by atoms with E-state index in [4.69, 9.17) is 4.89 Å². The van der Waals surface area contributed by atoms with Gasteiger partial charge in [-0.1, -0.05) is 17.7 Å². The van der Waals surface area contributed by atoms with E-state index in [2.05, 4.69) is 9.25 Å². The van der Waals surface area contributed by atoms with Gasteiger partial charge in [0.25, 0.3) is 0 Å². The molecule has 0 saturated heterocycles. The van der Waals surface area contributed by atoms with Crippen molar-refractivity contribution in [1.82, 2.24) is 4.72 Å². The second-order valence-electron chi connectivity index (χ2n) is 4.20. The molecule has 0 radical (unpaired) electrons. The average Bonchev–Trinajstić information content (AvgIpc) is 2.27. The first-order chi connectivity index (χ1) is 8.71. The van der Waals surface area contributed by atoms with Crippen LogP contribution in [0.15, 0.2) is 29.2 Å². The molecule has 2 N–H and O–H groups in total. The van der Waals surface area contributed by atoms with Gasteiger partial charge >= 0.3 is 7.60 Å². The average molecular weight is 307 g/mol. The summed E-state index contributed by atoms with van der Waals surface area (Å²) in [5.74, 6) is 0. The lowest BCUT2D eigenvalue weighted by Crippen LogP contribution is -2.25. The van der Waals surface area contributed by atoms with Crippen LogP contribution >= 0.6 is 7.60 Å². The monoisotopic (exact) mass is 307 g/mol. The molecule has 0 aliphatic heterocycles. The summed E-state index contributed by atoms with van der Waals surface area (Å²) >= 11 is 0. The number of hydrogen-bond acceptors (Lipinski definition) is 4. The normalized spacial score (nSPS) is 15.1. The molecule has 1 aromatic carbocycles. The van der Waals surface area contributed by atoms with Crippen molar-refractivity contribution in [3.8, 4) is 0 Å². The summed E-state index contributed by atoms with van der Waals surface area (Å²) in [6.07, 6.45) is 0.323. The van der Waals surface area contributed by atoms with E-state index in [1.165, 1.54) is 12.1 Å². The van der Waals surface area contributed by atoms with Gasteiger partial charge in [-0.2, -0.15) is 0 Å². The van der Waals surface area contributed by atoms with Crippen molar-refractivity contribution in [1.29, 1.82) is 0 Å². The molecular weight excluding hydrogens is 289 g/mol. The Labute approximate surface area is 113 Å². The van der Waals surface area contributed by atoms with Crippen LogP contribution in [0.4, 0.5) is 0 Å². The smallest absolute Gasteiger partial charge is 0.324 e. The van der Waals surface area contributed by atoms with E-state index < -0.39 is 17.6 Å². The van der Waals surface area contributed by atoms with Gasteiger partial charge < -0.3 is 9.42 Å². The molecule has 0 bridgehead atoms. The van der Waals surface area contributed by atoms with Crippen molar-refractivity contribution < 1.29 is 22.4 Å². The molecule has 0 spiro atoms. The zero-order valence-electron chi connectivity index (χ0n) is 10.9. The molecular formula is C11H18NO5PS. The number of benzene rings is 1. The summed E-state index contributed by atoms with van der Waals surface area (Å²) in [6, 6.07) is 6.50. The highest BCUT2D eigenvalue weighted by Gasteiger charge is 2.13.